The lowest BCUT2D eigenvalue weighted by molar-refractivity contribution is -0.136. The number of carbonyl (C=O) groups excluding carboxylic acids is 2. The number of fused-ring (bicyclic) bond motifs is 2. The number of rotatable bonds is 6. The van der Waals surface area contributed by atoms with E-state index in [0.717, 1.165) is 31.8 Å². The highest BCUT2D eigenvalue weighted by molar-refractivity contribution is 5.89. The molecule has 3 rings (SSSR count). The first-order chi connectivity index (χ1) is 10.6. The summed E-state index contributed by atoms with van der Waals surface area (Å²) in [5.74, 6) is 1.90. The molecule has 4 nitrogen and oxygen atoms in total. The molecule has 2 saturated carbocycles. The summed E-state index contributed by atoms with van der Waals surface area (Å²) in [6.07, 6.45) is 7.55. The summed E-state index contributed by atoms with van der Waals surface area (Å²) in [5, 5.41) is 0. The van der Waals surface area contributed by atoms with Gasteiger partial charge in [-0.05, 0) is 43.9 Å². The van der Waals surface area contributed by atoms with Gasteiger partial charge in [0.2, 0.25) is 11.8 Å². The summed E-state index contributed by atoms with van der Waals surface area (Å²) in [6.45, 7) is 6.54. The second kappa shape index (κ2) is 6.59. The van der Waals surface area contributed by atoms with E-state index in [1.165, 1.54) is 25.7 Å². The average molecular weight is 306 g/mol. The molecule has 1 aliphatic heterocycles. The molecule has 2 bridgehead atoms. The Kier molecular flexibility index (Phi) is 4.74. The van der Waals surface area contributed by atoms with Crippen molar-refractivity contribution in [2.24, 2.45) is 17.8 Å². The Bertz CT molecular complexity index is 431. The Hall–Kier alpha value is -1.06. The fourth-order valence-electron chi connectivity index (χ4n) is 4.94. The van der Waals surface area contributed by atoms with Crippen LogP contribution in [-0.2, 0) is 9.59 Å². The van der Waals surface area contributed by atoms with Crippen LogP contribution in [0.1, 0.15) is 58.8 Å². The first kappa shape index (κ1) is 15.8. The normalized spacial score (nSPS) is 33.7. The maximum atomic E-state index is 12.7. The van der Waals surface area contributed by atoms with Crippen LogP contribution in [-0.4, -0.2) is 47.3 Å². The van der Waals surface area contributed by atoms with Crippen molar-refractivity contribution in [2.75, 3.05) is 19.6 Å². The van der Waals surface area contributed by atoms with Crippen LogP contribution in [0.15, 0.2) is 0 Å². The summed E-state index contributed by atoms with van der Waals surface area (Å²) in [4.78, 5) is 29.2. The lowest BCUT2D eigenvalue weighted by Gasteiger charge is -2.32. The third kappa shape index (κ3) is 2.89. The molecule has 0 aromatic heterocycles. The van der Waals surface area contributed by atoms with Crippen LogP contribution >= 0.6 is 0 Å². The van der Waals surface area contributed by atoms with Crippen molar-refractivity contribution in [3.8, 4) is 0 Å². The fourth-order valence-corrected chi connectivity index (χ4v) is 4.94. The van der Waals surface area contributed by atoms with Crippen molar-refractivity contribution < 1.29 is 9.59 Å². The molecule has 2 aliphatic carbocycles. The molecule has 3 aliphatic rings. The van der Waals surface area contributed by atoms with Crippen molar-refractivity contribution in [1.29, 1.82) is 0 Å². The molecule has 4 unspecified atom stereocenters. The molecular formula is C18H30N2O2. The summed E-state index contributed by atoms with van der Waals surface area (Å²) in [7, 11) is 0. The zero-order chi connectivity index (χ0) is 15.7. The van der Waals surface area contributed by atoms with Crippen LogP contribution in [0, 0.1) is 17.8 Å². The van der Waals surface area contributed by atoms with Crippen LogP contribution in [0.3, 0.4) is 0 Å². The molecule has 4 atom stereocenters. The molecule has 1 saturated heterocycles. The number of hydrogen-bond acceptors (Lipinski definition) is 2. The van der Waals surface area contributed by atoms with Gasteiger partial charge in [-0.25, -0.2) is 0 Å². The van der Waals surface area contributed by atoms with E-state index < -0.39 is 0 Å². The molecule has 0 aromatic rings. The van der Waals surface area contributed by atoms with E-state index in [1.54, 1.807) is 0 Å². The average Bonchev–Trinajstić information content (AvgIpc) is 3.21. The van der Waals surface area contributed by atoms with Gasteiger partial charge in [-0.1, -0.05) is 20.3 Å². The van der Waals surface area contributed by atoms with Crippen molar-refractivity contribution in [3.05, 3.63) is 0 Å². The lowest BCUT2D eigenvalue weighted by atomic mass is 9.94. The largest absolute Gasteiger partial charge is 0.342 e. The van der Waals surface area contributed by atoms with Gasteiger partial charge in [0.1, 0.15) is 0 Å². The zero-order valence-electron chi connectivity index (χ0n) is 14.1. The van der Waals surface area contributed by atoms with Crippen molar-refractivity contribution in [1.82, 2.24) is 9.80 Å². The molecule has 4 heteroatoms. The Morgan fingerprint density at radius 1 is 1.18 bits per heavy atom. The van der Waals surface area contributed by atoms with E-state index >= 15 is 0 Å². The highest BCUT2D eigenvalue weighted by Crippen LogP contribution is 2.47. The number of carbonyl (C=O) groups is 2. The van der Waals surface area contributed by atoms with Crippen LogP contribution < -0.4 is 0 Å². The number of likely N-dealkylation sites (tertiary alicyclic amines) is 1. The zero-order valence-corrected chi connectivity index (χ0v) is 14.1. The van der Waals surface area contributed by atoms with E-state index in [2.05, 4.69) is 18.7 Å². The van der Waals surface area contributed by atoms with Gasteiger partial charge in [0.15, 0.2) is 0 Å². The minimum Gasteiger partial charge on any atom is -0.342 e. The highest BCUT2D eigenvalue weighted by Gasteiger charge is 2.47. The highest BCUT2D eigenvalue weighted by atomic mass is 16.2. The number of hydrogen-bond donors (Lipinski definition) is 0. The second-order valence-electron chi connectivity index (χ2n) is 7.51. The van der Waals surface area contributed by atoms with Crippen molar-refractivity contribution in [2.45, 2.75) is 64.8 Å². The Labute approximate surface area is 134 Å². The minimum absolute atomic E-state index is 0.0928. The molecule has 0 radical (unpaired) electrons. The van der Waals surface area contributed by atoms with Gasteiger partial charge in [-0.2, -0.15) is 0 Å². The monoisotopic (exact) mass is 306 g/mol. The fraction of sp³-hybridized carbons (Fsp3) is 0.889. The van der Waals surface area contributed by atoms with E-state index in [0.29, 0.717) is 24.9 Å². The van der Waals surface area contributed by atoms with Crippen LogP contribution in [0.5, 0.6) is 0 Å². The van der Waals surface area contributed by atoms with Gasteiger partial charge < -0.3 is 9.80 Å². The molecule has 124 valence electrons. The maximum Gasteiger partial charge on any atom is 0.227 e. The summed E-state index contributed by atoms with van der Waals surface area (Å²) in [5.41, 5.74) is 0. The molecule has 1 heterocycles. The van der Waals surface area contributed by atoms with Gasteiger partial charge >= 0.3 is 0 Å². The molecule has 22 heavy (non-hydrogen) atoms. The Morgan fingerprint density at radius 3 is 2.45 bits per heavy atom. The first-order valence-electron chi connectivity index (χ1n) is 9.22. The predicted molar refractivity (Wildman–Crippen MR) is 86.2 cm³/mol. The van der Waals surface area contributed by atoms with Crippen molar-refractivity contribution >= 4 is 11.8 Å². The summed E-state index contributed by atoms with van der Waals surface area (Å²) in [6, 6.07) is 0.440. The number of nitrogens with zero attached hydrogens (tertiary/aromatic N) is 2. The minimum atomic E-state index is -0.0928. The standard InChI is InChI=1S/C18H30N2O2/c1-3-7-19(8-4-2)18(22)15-11-17(21)20(12-15)16-10-13-5-6-14(16)9-13/h13-16H,3-12H2,1-2H3. The van der Waals surface area contributed by atoms with Gasteiger partial charge in [-0.15, -0.1) is 0 Å². The molecule has 3 fully saturated rings. The maximum absolute atomic E-state index is 12.7. The predicted octanol–water partition coefficient (Wildman–Crippen LogP) is 2.67. The SMILES string of the molecule is CCCN(CCC)C(=O)C1CC(=O)N(C2CC3CCC2C3)C1. The first-order valence-corrected chi connectivity index (χ1v) is 9.22. The number of amides is 2. The Balaban J connectivity index is 1.62. The van der Waals surface area contributed by atoms with E-state index in [-0.39, 0.29) is 17.7 Å². The van der Waals surface area contributed by atoms with Crippen LogP contribution in [0.2, 0.25) is 0 Å². The molecule has 0 N–H and O–H groups in total. The molecular weight excluding hydrogens is 276 g/mol. The van der Waals surface area contributed by atoms with Gasteiger partial charge in [0.05, 0.1) is 5.92 Å². The topological polar surface area (TPSA) is 40.6 Å². The van der Waals surface area contributed by atoms with Crippen molar-refractivity contribution in [3.63, 3.8) is 0 Å². The van der Waals surface area contributed by atoms with Gasteiger partial charge in [0, 0.05) is 32.1 Å². The smallest absolute Gasteiger partial charge is 0.227 e. The van der Waals surface area contributed by atoms with Gasteiger partial charge in [-0.3, -0.25) is 9.59 Å². The van der Waals surface area contributed by atoms with Crippen LogP contribution in [0.25, 0.3) is 0 Å². The quantitative estimate of drug-likeness (QED) is 0.757. The molecule has 0 spiro atoms. The third-order valence-corrected chi connectivity index (χ3v) is 5.91. The lowest BCUT2D eigenvalue weighted by Crippen LogP contribution is -2.42. The van der Waals surface area contributed by atoms with E-state index in [1.807, 2.05) is 4.90 Å². The third-order valence-electron chi connectivity index (χ3n) is 5.91. The Morgan fingerprint density at radius 2 is 1.91 bits per heavy atom. The summed E-state index contributed by atoms with van der Waals surface area (Å²) >= 11 is 0. The second-order valence-corrected chi connectivity index (χ2v) is 7.51. The molecule has 2 amide bonds. The van der Waals surface area contributed by atoms with E-state index in [4.69, 9.17) is 0 Å². The van der Waals surface area contributed by atoms with Gasteiger partial charge in [0.25, 0.3) is 0 Å². The van der Waals surface area contributed by atoms with E-state index in [9.17, 15) is 9.59 Å². The molecule has 0 aromatic carbocycles. The van der Waals surface area contributed by atoms with Crippen LogP contribution in [0.4, 0.5) is 0 Å². The summed E-state index contributed by atoms with van der Waals surface area (Å²) < 4.78 is 0.